The number of fused-ring (bicyclic) bond motifs is 1. The lowest BCUT2D eigenvalue weighted by molar-refractivity contribution is 0.639. The Bertz CT molecular complexity index is 679. The molecule has 3 heteroatoms. The Kier molecular flexibility index (Phi) is 5.07. The number of rotatable bonds is 7. The molecule has 0 radical (unpaired) electrons. The number of hydrogen-bond donors (Lipinski definition) is 1. The molecule has 0 saturated heterocycles. The molecule has 0 fully saturated rings. The lowest BCUT2D eigenvalue weighted by atomic mass is 9.93. The van der Waals surface area contributed by atoms with E-state index in [-0.39, 0.29) is 5.92 Å². The van der Waals surface area contributed by atoms with E-state index in [1.54, 1.807) is 0 Å². The minimum atomic E-state index is 0.205. The van der Waals surface area contributed by atoms with Gasteiger partial charge in [0.25, 0.3) is 0 Å². The van der Waals surface area contributed by atoms with Crippen molar-refractivity contribution in [1.29, 1.82) is 0 Å². The van der Waals surface area contributed by atoms with Gasteiger partial charge >= 0.3 is 0 Å². The summed E-state index contributed by atoms with van der Waals surface area (Å²) in [6.45, 7) is 12.4. The first-order valence-corrected chi connectivity index (χ1v) is 7.93. The highest BCUT2D eigenvalue weighted by atomic mass is 15.3. The van der Waals surface area contributed by atoms with Crippen molar-refractivity contribution < 1.29 is 0 Å². The monoisotopic (exact) mass is 297 g/mol. The molecule has 2 rings (SSSR count). The van der Waals surface area contributed by atoms with Crippen molar-refractivity contribution in [2.45, 2.75) is 38.5 Å². The molecular weight excluding hydrogens is 270 g/mol. The molecular formula is C19H27N3. The Balaban J connectivity index is 2.53. The van der Waals surface area contributed by atoms with Crippen molar-refractivity contribution in [1.82, 2.24) is 15.1 Å². The maximum atomic E-state index is 4.79. The van der Waals surface area contributed by atoms with Gasteiger partial charge in [0, 0.05) is 31.1 Å². The van der Waals surface area contributed by atoms with E-state index in [2.05, 4.69) is 50.5 Å². The van der Waals surface area contributed by atoms with E-state index in [0.29, 0.717) is 5.92 Å². The number of aromatic nitrogens is 2. The molecule has 1 atom stereocenters. The van der Waals surface area contributed by atoms with E-state index in [9.17, 15) is 0 Å². The zero-order chi connectivity index (χ0) is 16.3. The number of nitrogens with one attached hydrogen (secondary N) is 1. The Hall–Kier alpha value is -2.03. The maximum Gasteiger partial charge on any atom is 0.0792 e. The van der Waals surface area contributed by atoms with Crippen LogP contribution in [0.1, 0.15) is 49.8 Å². The van der Waals surface area contributed by atoms with Gasteiger partial charge in [-0.25, -0.2) is 0 Å². The van der Waals surface area contributed by atoms with Gasteiger partial charge in [-0.15, -0.1) is 6.58 Å². The second kappa shape index (κ2) is 6.82. The molecule has 1 aromatic carbocycles. The average molecular weight is 297 g/mol. The molecule has 3 nitrogen and oxygen atoms in total. The molecule has 0 bridgehead atoms. The lowest BCUT2D eigenvalue weighted by Crippen LogP contribution is -2.14. The van der Waals surface area contributed by atoms with Crippen LogP contribution in [-0.2, 0) is 7.05 Å². The van der Waals surface area contributed by atoms with Gasteiger partial charge in [-0.2, -0.15) is 5.10 Å². The van der Waals surface area contributed by atoms with E-state index in [1.807, 2.05) is 24.9 Å². The van der Waals surface area contributed by atoms with Crippen molar-refractivity contribution >= 4 is 10.9 Å². The van der Waals surface area contributed by atoms with Crippen LogP contribution in [0.2, 0.25) is 0 Å². The third-order valence-corrected chi connectivity index (χ3v) is 4.30. The Morgan fingerprint density at radius 1 is 1.41 bits per heavy atom. The van der Waals surface area contributed by atoms with Gasteiger partial charge in [-0.1, -0.05) is 38.6 Å². The van der Waals surface area contributed by atoms with E-state index in [0.717, 1.165) is 24.2 Å². The van der Waals surface area contributed by atoms with Crippen molar-refractivity contribution in [2.24, 2.45) is 7.05 Å². The molecule has 118 valence electrons. The standard InChI is InChI=1S/C19H27N3/c1-7-8-9-16(14(4)20-5)19-17-11-10-15(13(2)3)12-18(17)22(6)21-19/h7,10-13,16,20H,1,4,8-9H2,2-3,5-6H3. The van der Waals surface area contributed by atoms with Crippen LogP contribution in [-0.4, -0.2) is 16.8 Å². The van der Waals surface area contributed by atoms with Crippen LogP contribution in [0.4, 0.5) is 0 Å². The summed E-state index contributed by atoms with van der Waals surface area (Å²) in [5.41, 5.74) is 4.65. The Labute approximate surface area is 133 Å². The molecule has 0 saturated carbocycles. The topological polar surface area (TPSA) is 29.9 Å². The first kappa shape index (κ1) is 16.3. The number of allylic oxidation sites excluding steroid dienone is 2. The minimum absolute atomic E-state index is 0.205. The number of hydrogen-bond acceptors (Lipinski definition) is 2. The van der Waals surface area contributed by atoms with Crippen LogP contribution in [0.3, 0.4) is 0 Å². The van der Waals surface area contributed by atoms with Gasteiger partial charge in [0.15, 0.2) is 0 Å². The summed E-state index contributed by atoms with van der Waals surface area (Å²) in [4.78, 5) is 0. The Morgan fingerprint density at radius 2 is 2.14 bits per heavy atom. The summed E-state index contributed by atoms with van der Waals surface area (Å²) in [6.07, 6.45) is 3.88. The van der Waals surface area contributed by atoms with E-state index in [4.69, 9.17) is 5.10 Å². The lowest BCUT2D eigenvalue weighted by Gasteiger charge is -2.17. The molecule has 0 amide bonds. The minimum Gasteiger partial charge on any atom is -0.391 e. The summed E-state index contributed by atoms with van der Waals surface area (Å²) in [5, 5.41) is 9.21. The van der Waals surface area contributed by atoms with Gasteiger partial charge in [-0.3, -0.25) is 4.68 Å². The SMILES string of the molecule is C=CCCC(C(=C)NC)c1nn(C)c2cc(C(C)C)ccc12. The number of benzene rings is 1. The molecule has 1 N–H and O–H groups in total. The zero-order valence-electron chi connectivity index (χ0n) is 14.2. The van der Waals surface area contributed by atoms with Crippen LogP contribution in [0, 0.1) is 0 Å². The highest BCUT2D eigenvalue weighted by Crippen LogP contribution is 2.33. The van der Waals surface area contributed by atoms with E-state index < -0.39 is 0 Å². The molecule has 1 aromatic heterocycles. The fourth-order valence-corrected chi connectivity index (χ4v) is 2.85. The fraction of sp³-hybridized carbons (Fsp3) is 0.421. The Morgan fingerprint density at radius 3 is 2.73 bits per heavy atom. The first-order valence-electron chi connectivity index (χ1n) is 7.93. The number of likely N-dealkylation sites (N-methyl/N-ethyl adjacent to an activating group) is 1. The van der Waals surface area contributed by atoms with Crippen LogP contribution < -0.4 is 5.32 Å². The van der Waals surface area contributed by atoms with Crippen LogP contribution in [0.15, 0.2) is 43.1 Å². The molecule has 1 unspecified atom stereocenters. The second-order valence-corrected chi connectivity index (χ2v) is 6.13. The summed E-state index contributed by atoms with van der Waals surface area (Å²) >= 11 is 0. The molecule has 1 heterocycles. The summed E-state index contributed by atoms with van der Waals surface area (Å²) in [7, 11) is 3.94. The fourth-order valence-electron chi connectivity index (χ4n) is 2.85. The van der Waals surface area contributed by atoms with Gasteiger partial charge in [0.1, 0.15) is 0 Å². The number of nitrogens with zero attached hydrogens (tertiary/aromatic N) is 2. The van der Waals surface area contributed by atoms with Crippen molar-refractivity contribution in [3.63, 3.8) is 0 Å². The molecule has 0 aliphatic carbocycles. The third-order valence-electron chi connectivity index (χ3n) is 4.30. The normalized spacial score (nSPS) is 12.6. The van der Waals surface area contributed by atoms with Crippen LogP contribution >= 0.6 is 0 Å². The smallest absolute Gasteiger partial charge is 0.0792 e. The van der Waals surface area contributed by atoms with E-state index >= 15 is 0 Å². The van der Waals surface area contributed by atoms with Crippen molar-refractivity contribution in [2.75, 3.05) is 7.05 Å². The maximum absolute atomic E-state index is 4.79. The van der Waals surface area contributed by atoms with Crippen molar-refractivity contribution in [3.05, 3.63) is 54.4 Å². The predicted octanol–water partition coefficient (Wildman–Crippen LogP) is 4.48. The first-order chi connectivity index (χ1) is 10.5. The molecule has 2 aromatic rings. The quantitative estimate of drug-likeness (QED) is 0.764. The second-order valence-electron chi connectivity index (χ2n) is 6.13. The van der Waals surface area contributed by atoms with Gasteiger partial charge in [-0.05, 0) is 30.4 Å². The third kappa shape index (κ3) is 3.08. The molecule has 0 aliphatic heterocycles. The molecule has 0 aliphatic rings. The van der Waals surface area contributed by atoms with E-state index in [1.165, 1.54) is 16.5 Å². The van der Waals surface area contributed by atoms with Gasteiger partial charge < -0.3 is 5.32 Å². The largest absolute Gasteiger partial charge is 0.391 e. The van der Waals surface area contributed by atoms with Gasteiger partial charge in [0.2, 0.25) is 0 Å². The van der Waals surface area contributed by atoms with Gasteiger partial charge in [0.05, 0.1) is 11.2 Å². The van der Waals surface area contributed by atoms with Crippen molar-refractivity contribution in [3.8, 4) is 0 Å². The van der Waals surface area contributed by atoms with Crippen LogP contribution in [0.5, 0.6) is 0 Å². The summed E-state index contributed by atoms with van der Waals surface area (Å²) in [5.74, 6) is 0.725. The highest BCUT2D eigenvalue weighted by molar-refractivity contribution is 5.83. The van der Waals surface area contributed by atoms with Crippen LogP contribution in [0.25, 0.3) is 10.9 Å². The summed E-state index contributed by atoms with van der Waals surface area (Å²) in [6, 6.07) is 6.67. The predicted molar refractivity (Wildman–Crippen MR) is 95.2 cm³/mol. The molecule has 22 heavy (non-hydrogen) atoms. The number of aryl methyl sites for hydroxylation is 1. The zero-order valence-corrected chi connectivity index (χ0v) is 14.2. The highest BCUT2D eigenvalue weighted by Gasteiger charge is 2.21. The average Bonchev–Trinajstić information content (AvgIpc) is 2.84. The summed E-state index contributed by atoms with van der Waals surface area (Å²) < 4.78 is 1.99. The molecule has 0 spiro atoms.